The van der Waals surface area contributed by atoms with Crippen LogP contribution in [0.3, 0.4) is 0 Å². The number of pyridine rings is 1. The second-order valence-corrected chi connectivity index (χ2v) is 9.04. The summed E-state index contributed by atoms with van der Waals surface area (Å²) in [6, 6.07) is 5.78. The molecule has 2 saturated heterocycles. The van der Waals surface area contributed by atoms with Crippen molar-refractivity contribution >= 4 is 15.8 Å². The van der Waals surface area contributed by atoms with Crippen LogP contribution in [0.4, 0.5) is 19.0 Å². The van der Waals surface area contributed by atoms with Crippen molar-refractivity contribution in [1.82, 2.24) is 9.29 Å². The van der Waals surface area contributed by atoms with Crippen molar-refractivity contribution in [3.05, 3.63) is 59.5 Å². The van der Waals surface area contributed by atoms with Gasteiger partial charge in [-0.25, -0.2) is 30.9 Å². The summed E-state index contributed by atoms with van der Waals surface area (Å²) in [5.41, 5.74) is -0.163. The zero-order valence-electron chi connectivity index (χ0n) is 14.4. The molecule has 144 valence electrons. The van der Waals surface area contributed by atoms with E-state index in [1.807, 2.05) is 4.90 Å². The Labute approximate surface area is 155 Å². The van der Waals surface area contributed by atoms with E-state index < -0.39 is 33.2 Å². The van der Waals surface area contributed by atoms with Crippen LogP contribution in [0.2, 0.25) is 0 Å². The van der Waals surface area contributed by atoms with Gasteiger partial charge in [0.05, 0.1) is 11.9 Å². The largest absolute Gasteiger partial charge is 0.356 e. The SMILES string of the molecule is O=S(=O)(Cc1cc(F)ccc1F)N1CC2CN(c3ccc(F)cn3)CC2C1. The number of hydrogen-bond donors (Lipinski definition) is 0. The minimum absolute atomic E-state index is 0.129. The third kappa shape index (κ3) is 3.66. The minimum atomic E-state index is -3.74. The van der Waals surface area contributed by atoms with Crippen LogP contribution >= 0.6 is 0 Å². The fourth-order valence-corrected chi connectivity index (χ4v) is 5.50. The standard InChI is InChI=1S/C18H18F3N3O2S/c19-15-1-3-17(21)12(5-15)11-27(25,26)24-9-13-7-23(8-14(13)10-24)18-4-2-16(20)6-22-18/h1-6,13-14H,7-11H2. The molecule has 1 aromatic heterocycles. The van der Waals surface area contributed by atoms with Crippen molar-refractivity contribution in [1.29, 1.82) is 0 Å². The van der Waals surface area contributed by atoms with E-state index in [4.69, 9.17) is 0 Å². The first-order valence-corrected chi connectivity index (χ1v) is 10.2. The molecule has 2 unspecified atom stereocenters. The van der Waals surface area contributed by atoms with E-state index >= 15 is 0 Å². The van der Waals surface area contributed by atoms with Gasteiger partial charge in [-0.1, -0.05) is 0 Å². The Bertz CT molecular complexity index is 939. The minimum Gasteiger partial charge on any atom is -0.356 e. The summed E-state index contributed by atoms with van der Waals surface area (Å²) >= 11 is 0. The molecular weight excluding hydrogens is 379 g/mol. The lowest BCUT2D eigenvalue weighted by Crippen LogP contribution is -2.34. The van der Waals surface area contributed by atoms with E-state index in [1.54, 1.807) is 6.07 Å². The molecule has 1 aromatic carbocycles. The molecule has 2 aromatic rings. The molecule has 2 fully saturated rings. The number of aromatic nitrogens is 1. The smallest absolute Gasteiger partial charge is 0.218 e. The van der Waals surface area contributed by atoms with Gasteiger partial charge in [0.15, 0.2) is 0 Å². The van der Waals surface area contributed by atoms with Crippen molar-refractivity contribution in [2.75, 3.05) is 31.1 Å². The molecule has 3 heterocycles. The fraction of sp³-hybridized carbons (Fsp3) is 0.389. The quantitative estimate of drug-likeness (QED) is 0.795. The molecule has 0 spiro atoms. The number of fused-ring (bicyclic) bond motifs is 1. The Balaban J connectivity index is 1.43. The lowest BCUT2D eigenvalue weighted by atomic mass is 10.0. The van der Waals surface area contributed by atoms with Crippen LogP contribution in [0.1, 0.15) is 5.56 Å². The monoisotopic (exact) mass is 397 g/mol. The van der Waals surface area contributed by atoms with Crippen molar-refractivity contribution in [2.24, 2.45) is 11.8 Å². The third-order valence-electron chi connectivity index (χ3n) is 5.23. The first kappa shape index (κ1) is 18.2. The molecule has 27 heavy (non-hydrogen) atoms. The summed E-state index contributed by atoms with van der Waals surface area (Å²) in [4.78, 5) is 6.09. The molecule has 0 bridgehead atoms. The van der Waals surface area contributed by atoms with E-state index in [0.717, 1.165) is 24.4 Å². The van der Waals surface area contributed by atoms with Crippen molar-refractivity contribution in [3.63, 3.8) is 0 Å². The first-order valence-electron chi connectivity index (χ1n) is 8.60. The number of hydrogen-bond acceptors (Lipinski definition) is 4. The zero-order valence-corrected chi connectivity index (χ0v) is 15.2. The van der Waals surface area contributed by atoms with Gasteiger partial charge in [0.1, 0.15) is 23.3 Å². The van der Waals surface area contributed by atoms with Crippen molar-refractivity contribution < 1.29 is 21.6 Å². The number of sulfonamides is 1. The Morgan fingerprint density at radius 2 is 1.63 bits per heavy atom. The molecule has 0 radical (unpaired) electrons. The summed E-state index contributed by atoms with van der Waals surface area (Å²) in [6.07, 6.45) is 1.16. The maximum Gasteiger partial charge on any atom is 0.218 e. The number of benzene rings is 1. The normalized spacial score (nSPS) is 23.0. The zero-order chi connectivity index (χ0) is 19.2. The second-order valence-electron chi connectivity index (χ2n) is 7.07. The van der Waals surface area contributed by atoms with Gasteiger partial charge in [-0.2, -0.15) is 0 Å². The highest BCUT2D eigenvalue weighted by atomic mass is 32.2. The Morgan fingerprint density at radius 3 is 2.26 bits per heavy atom. The summed E-state index contributed by atoms with van der Waals surface area (Å²) in [5.74, 6) is -1.43. The highest BCUT2D eigenvalue weighted by molar-refractivity contribution is 7.88. The number of nitrogens with zero attached hydrogens (tertiary/aromatic N) is 3. The molecule has 5 nitrogen and oxygen atoms in total. The van der Waals surface area contributed by atoms with E-state index in [9.17, 15) is 21.6 Å². The van der Waals surface area contributed by atoms with Crippen LogP contribution in [0, 0.1) is 29.3 Å². The maximum atomic E-state index is 13.8. The lowest BCUT2D eigenvalue weighted by molar-refractivity contribution is 0.451. The van der Waals surface area contributed by atoms with Gasteiger partial charge in [-0.3, -0.25) is 0 Å². The average molecular weight is 397 g/mol. The van der Waals surface area contributed by atoms with Gasteiger partial charge < -0.3 is 4.90 Å². The fourth-order valence-electron chi connectivity index (χ4n) is 3.86. The second kappa shape index (κ2) is 6.79. The molecule has 0 amide bonds. The van der Waals surface area contributed by atoms with Crippen LogP contribution in [-0.4, -0.2) is 43.9 Å². The topological polar surface area (TPSA) is 53.5 Å². The maximum absolute atomic E-state index is 13.8. The van der Waals surface area contributed by atoms with Crippen LogP contribution in [0.15, 0.2) is 36.5 Å². The molecule has 0 saturated carbocycles. The average Bonchev–Trinajstić information content (AvgIpc) is 3.18. The predicted octanol–water partition coefficient (Wildman–Crippen LogP) is 2.40. The van der Waals surface area contributed by atoms with E-state index in [1.165, 1.54) is 10.4 Å². The molecule has 2 aliphatic rings. The molecule has 9 heteroatoms. The van der Waals surface area contributed by atoms with Crippen molar-refractivity contribution in [3.8, 4) is 0 Å². The molecule has 4 rings (SSSR count). The first-order chi connectivity index (χ1) is 12.8. The summed E-state index contributed by atoms with van der Waals surface area (Å²) < 4.78 is 66.8. The van der Waals surface area contributed by atoms with Gasteiger partial charge in [0.2, 0.25) is 10.0 Å². The van der Waals surface area contributed by atoms with E-state index in [2.05, 4.69) is 4.98 Å². The van der Waals surface area contributed by atoms with Gasteiger partial charge in [0.25, 0.3) is 0 Å². The van der Waals surface area contributed by atoms with Crippen LogP contribution in [-0.2, 0) is 15.8 Å². The predicted molar refractivity (Wildman–Crippen MR) is 93.9 cm³/mol. The summed E-state index contributed by atoms with van der Waals surface area (Å²) in [5, 5.41) is 0. The van der Waals surface area contributed by atoms with Crippen molar-refractivity contribution in [2.45, 2.75) is 5.75 Å². The van der Waals surface area contributed by atoms with Gasteiger partial charge in [-0.15, -0.1) is 0 Å². The van der Waals surface area contributed by atoms with Gasteiger partial charge >= 0.3 is 0 Å². The van der Waals surface area contributed by atoms with Crippen LogP contribution < -0.4 is 4.90 Å². The molecule has 2 atom stereocenters. The van der Waals surface area contributed by atoms with Crippen LogP contribution in [0.25, 0.3) is 0 Å². The van der Waals surface area contributed by atoms with Gasteiger partial charge in [-0.05, 0) is 42.2 Å². The highest BCUT2D eigenvalue weighted by Crippen LogP contribution is 2.35. The molecule has 2 aliphatic heterocycles. The van der Waals surface area contributed by atoms with E-state index in [0.29, 0.717) is 32.0 Å². The lowest BCUT2D eigenvalue weighted by Gasteiger charge is -2.22. The Kier molecular flexibility index (Phi) is 4.59. The molecule has 0 aliphatic carbocycles. The Morgan fingerprint density at radius 1 is 0.963 bits per heavy atom. The third-order valence-corrected chi connectivity index (χ3v) is 6.99. The molecular formula is C18H18F3N3O2S. The summed E-state index contributed by atoms with van der Waals surface area (Å²) in [6.45, 7) is 1.93. The Hall–Kier alpha value is -2.13. The molecule has 0 N–H and O–H groups in total. The number of anilines is 1. The summed E-state index contributed by atoms with van der Waals surface area (Å²) in [7, 11) is -3.74. The van der Waals surface area contributed by atoms with Gasteiger partial charge in [0, 0.05) is 31.7 Å². The number of rotatable bonds is 4. The highest BCUT2D eigenvalue weighted by Gasteiger charge is 2.44. The van der Waals surface area contributed by atoms with Crippen LogP contribution in [0.5, 0.6) is 0 Å². The van der Waals surface area contributed by atoms with E-state index in [-0.39, 0.29) is 17.4 Å². The number of halogens is 3.